The summed E-state index contributed by atoms with van der Waals surface area (Å²) in [6, 6.07) is 4.31. The van der Waals surface area contributed by atoms with Crippen molar-refractivity contribution in [2.45, 2.75) is 25.3 Å². The number of carboxylic acids is 1. The van der Waals surface area contributed by atoms with E-state index in [1.54, 1.807) is 18.2 Å². The zero-order chi connectivity index (χ0) is 14.9. The van der Waals surface area contributed by atoms with Crippen LogP contribution in [0.4, 0.5) is 4.79 Å². The van der Waals surface area contributed by atoms with Crippen molar-refractivity contribution >= 4 is 29.5 Å². The molecule has 1 unspecified atom stereocenters. The smallest absolute Gasteiger partial charge is 0.322 e. The van der Waals surface area contributed by atoms with Crippen molar-refractivity contribution in [2.24, 2.45) is 0 Å². The molecule has 1 fully saturated rings. The molecule has 0 spiro atoms. The Labute approximate surface area is 120 Å². The van der Waals surface area contributed by atoms with Gasteiger partial charge in [0.25, 0.3) is 5.91 Å². The monoisotopic (exact) mass is 296 g/mol. The number of hydrogen-bond donors (Lipinski definition) is 3. The van der Waals surface area contributed by atoms with Gasteiger partial charge in [-0.1, -0.05) is 23.7 Å². The molecule has 7 heteroatoms. The van der Waals surface area contributed by atoms with Crippen molar-refractivity contribution < 1.29 is 19.5 Å². The second-order valence-corrected chi connectivity index (χ2v) is 5.08. The molecule has 0 radical (unpaired) electrons. The van der Waals surface area contributed by atoms with Crippen LogP contribution >= 0.6 is 11.6 Å². The first kappa shape index (κ1) is 14.3. The summed E-state index contributed by atoms with van der Waals surface area (Å²) in [5, 5.41) is 13.9. The van der Waals surface area contributed by atoms with E-state index in [9.17, 15) is 14.4 Å². The fourth-order valence-corrected chi connectivity index (χ4v) is 2.35. The Balaban J connectivity index is 2.45. The van der Waals surface area contributed by atoms with Crippen LogP contribution in [0.5, 0.6) is 0 Å². The molecule has 106 valence electrons. The summed E-state index contributed by atoms with van der Waals surface area (Å²) in [5.74, 6) is -1.61. The van der Waals surface area contributed by atoms with Crippen LogP contribution in [-0.4, -0.2) is 23.0 Å². The summed E-state index contributed by atoms with van der Waals surface area (Å²) in [6.07, 6.45) is -0.293. The molecule has 0 aliphatic carbocycles. The minimum atomic E-state index is -1.38. The summed E-state index contributed by atoms with van der Waals surface area (Å²) in [7, 11) is 0. The van der Waals surface area contributed by atoms with Gasteiger partial charge in [-0.05, 0) is 30.5 Å². The van der Waals surface area contributed by atoms with Gasteiger partial charge in [-0.25, -0.2) is 4.79 Å². The maximum Gasteiger partial charge on any atom is 0.322 e. The predicted molar refractivity (Wildman–Crippen MR) is 71.4 cm³/mol. The van der Waals surface area contributed by atoms with Crippen LogP contribution < -0.4 is 10.6 Å². The van der Waals surface area contributed by atoms with E-state index in [-0.39, 0.29) is 12.8 Å². The van der Waals surface area contributed by atoms with Crippen molar-refractivity contribution in [3.05, 3.63) is 34.3 Å². The van der Waals surface area contributed by atoms with Crippen molar-refractivity contribution in [2.75, 3.05) is 0 Å². The van der Waals surface area contributed by atoms with Crippen LogP contribution in [0.1, 0.15) is 24.0 Å². The lowest BCUT2D eigenvalue weighted by molar-refractivity contribution is -0.137. The molecule has 0 bridgehead atoms. The van der Waals surface area contributed by atoms with Gasteiger partial charge in [0.15, 0.2) is 0 Å². The van der Waals surface area contributed by atoms with Gasteiger partial charge in [0.05, 0.1) is 0 Å². The average molecular weight is 297 g/mol. The molecule has 1 aromatic rings. The Morgan fingerprint density at radius 2 is 2.10 bits per heavy atom. The summed E-state index contributed by atoms with van der Waals surface area (Å²) in [6.45, 7) is 1.81. The quantitative estimate of drug-likeness (QED) is 0.735. The first-order valence-corrected chi connectivity index (χ1v) is 6.35. The average Bonchev–Trinajstić information content (AvgIpc) is 2.66. The number of carbonyl (C=O) groups excluding carboxylic acids is 2. The largest absolute Gasteiger partial charge is 0.481 e. The highest BCUT2D eigenvalue weighted by Crippen LogP contribution is 2.32. The third kappa shape index (κ3) is 2.46. The van der Waals surface area contributed by atoms with Crippen LogP contribution in [0.3, 0.4) is 0 Å². The maximum atomic E-state index is 12.1. The molecule has 2 rings (SSSR count). The highest BCUT2D eigenvalue weighted by molar-refractivity contribution is 6.31. The lowest BCUT2D eigenvalue weighted by Crippen LogP contribution is -2.44. The van der Waals surface area contributed by atoms with Crippen molar-refractivity contribution in [3.63, 3.8) is 0 Å². The molecule has 1 saturated heterocycles. The Kier molecular flexibility index (Phi) is 3.67. The van der Waals surface area contributed by atoms with Gasteiger partial charge < -0.3 is 10.4 Å². The van der Waals surface area contributed by atoms with E-state index in [1.165, 1.54) is 0 Å². The highest BCUT2D eigenvalue weighted by atomic mass is 35.5. The summed E-state index contributed by atoms with van der Waals surface area (Å²) < 4.78 is 0. The van der Waals surface area contributed by atoms with Crippen molar-refractivity contribution in [1.82, 2.24) is 10.6 Å². The third-order valence-corrected chi connectivity index (χ3v) is 3.73. The maximum absolute atomic E-state index is 12.1. The Bertz CT molecular complexity index is 602. The van der Waals surface area contributed by atoms with Crippen LogP contribution in [0.2, 0.25) is 5.02 Å². The first-order chi connectivity index (χ1) is 9.35. The number of carboxylic acid groups (broad SMARTS) is 1. The number of halogens is 1. The molecule has 1 aromatic carbocycles. The lowest BCUT2D eigenvalue weighted by atomic mass is 9.85. The predicted octanol–water partition coefficient (Wildman–Crippen LogP) is 1.55. The van der Waals surface area contributed by atoms with Crippen LogP contribution in [0.25, 0.3) is 0 Å². The lowest BCUT2D eigenvalue weighted by Gasteiger charge is -2.26. The zero-order valence-corrected chi connectivity index (χ0v) is 11.5. The van der Waals surface area contributed by atoms with Gasteiger partial charge in [0.1, 0.15) is 5.54 Å². The number of amides is 3. The number of rotatable bonds is 4. The van der Waals surface area contributed by atoms with Gasteiger partial charge in [0, 0.05) is 11.4 Å². The van der Waals surface area contributed by atoms with E-state index in [2.05, 4.69) is 10.6 Å². The van der Waals surface area contributed by atoms with Gasteiger partial charge in [-0.3, -0.25) is 14.9 Å². The molecule has 1 atom stereocenters. The second kappa shape index (κ2) is 5.13. The molecular formula is C13H13ClN2O4. The molecule has 0 saturated carbocycles. The SMILES string of the molecule is Cc1ccc(C2(CCC(=O)O)NC(=O)NC2=O)cc1Cl. The van der Waals surface area contributed by atoms with Gasteiger partial charge in [-0.15, -0.1) is 0 Å². The van der Waals surface area contributed by atoms with Crippen LogP contribution in [0, 0.1) is 6.92 Å². The molecule has 3 N–H and O–H groups in total. The standard InChI is InChI=1S/C13H13ClN2O4/c1-7-2-3-8(6-9(7)14)13(5-4-10(17)18)11(19)15-12(20)16-13/h2-3,6H,4-5H2,1H3,(H,17,18)(H2,15,16,19,20). The van der Waals surface area contributed by atoms with E-state index in [1.807, 2.05) is 6.92 Å². The second-order valence-electron chi connectivity index (χ2n) is 4.67. The molecule has 3 amide bonds. The van der Waals surface area contributed by atoms with E-state index in [4.69, 9.17) is 16.7 Å². The van der Waals surface area contributed by atoms with E-state index in [0.717, 1.165) is 5.56 Å². The number of imide groups is 1. The van der Waals surface area contributed by atoms with Gasteiger partial charge >= 0.3 is 12.0 Å². The highest BCUT2D eigenvalue weighted by Gasteiger charge is 2.47. The number of nitrogens with one attached hydrogen (secondary N) is 2. The number of urea groups is 1. The Hall–Kier alpha value is -2.08. The van der Waals surface area contributed by atoms with Crippen LogP contribution in [0.15, 0.2) is 18.2 Å². The molecule has 1 heterocycles. The van der Waals surface area contributed by atoms with E-state index < -0.39 is 23.4 Å². The molecular weight excluding hydrogens is 284 g/mol. The normalized spacial score (nSPS) is 21.5. The van der Waals surface area contributed by atoms with Crippen molar-refractivity contribution in [3.8, 4) is 0 Å². The minimum absolute atomic E-state index is 0.0424. The molecule has 20 heavy (non-hydrogen) atoms. The zero-order valence-electron chi connectivity index (χ0n) is 10.7. The summed E-state index contributed by atoms with van der Waals surface area (Å²) in [5.41, 5.74) is -0.0847. The summed E-state index contributed by atoms with van der Waals surface area (Å²) in [4.78, 5) is 34.3. The number of carbonyl (C=O) groups is 3. The van der Waals surface area contributed by atoms with Crippen molar-refractivity contribution in [1.29, 1.82) is 0 Å². The number of hydrogen-bond acceptors (Lipinski definition) is 3. The van der Waals surface area contributed by atoms with E-state index in [0.29, 0.717) is 10.6 Å². The Morgan fingerprint density at radius 3 is 2.60 bits per heavy atom. The molecule has 1 aliphatic heterocycles. The first-order valence-electron chi connectivity index (χ1n) is 5.97. The third-order valence-electron chi connectivity index (χ3n) is 3.32. The minimum Gasteiger partial charge on any atom is -0.481 e. The fraction of sp³-hybridized carbons (Fsp3) is 0.308. The topological polar surface area (TPSA) is 95.5 Å². The van der Waals surface area contributed by atoms with Gasteiger partial charge in [-0.2, -0.15) is 0 Å². The number of benzene rings is 1. The Morgan fingerprint density at radius 1 is 1.40 bits per heavy atom. The number of aliphatic carboxylic acids is 1. The molecule has 1 aliphatic rings. The van der Waals surface area contributed by atoms with E-state index >= 15 is 0 Å². The fourth-order valence-electron chi connectivity index (χ4n) is 2.17. The molecule has 6 nitrogen and oxygen atoms in total. The summed E-state index contributed by atoms with van der Waals surface area (Å²) >= 11 is 6.04. The number of aryl methyl sites for hydroxylation is 1. The molecule has 0 aromatic heterocycles. The van der Waals surface area contributed by atoms with Crippen LogP contribution in [-0.2, 0) is 15.1 Å². The van der Waals surface area contributed by atoms with Gasteiger partial charge in [0.2, 0.25) is 0 Å².